The molecule has 3 N–H and O–H groups in total. The molecule has 5 heteroatoms. The molecule has 0 rings (SSSR count). The summed E-state index contributed by atoms with van der Waals surface area (Å²) in [6, 6.07) is 0. The molecule has 0 aliphatic carbocycles. The van der Waals surface area contributed by atoms with Crippen molar-refractivity contribution in [3.8, 4) is 0 Å². The molecular formula is C13H29O4P. The molecule has 1 atom stereocenters. The van der Waals surface area contributed by atoms with Crippen molar-refractivity contribution in [1.82, 2.24) is 0 Å². The van der Waals surface area contributed by atoms with Crippen LogP contribution in [0.1, 0.15) is 58.3 Å². The third-order valence-corrected chi connectivity index (χ3v) is 3.60. The molecule has 0 aliphatic heterocycles. The van der Waals surface area contributed by atoms with Crippen molar-refractivity contribution in [2.24, 2.45) is 0 Å². The largest absolute Gasteiger partial charge is 0.393 e. The molecule has 0 bridgehead atoms. The van der Waals surface area contributed by atoms with E-state index in [-0.39, 0.29) is 6.10 Å². The maximum atomic E-state index is 9.69. The summed E-state index contributed by atoms with van der Waals surface area (Å²) in [6.07, 6.45) is 8.50. The summed E-state index contributed by atoms with van der Waals surface area (Å²) in [5.41, 5.74) is 0. The Balaban J connectivity index is 3.14. The van der Waals surface area contributed by atoms with Crippen LogP contribution in [-0.2, 0) is 4.74 Å². The lowest BCUT2D eigenvalue weighted by atomic mass is 10.1. The fourth-order valence-electron chi connectivity index (χ4n) is 1.76. The maximum Gasteiger partial charge on any atom is 0.165 e. The summed E-state index contributed by atoms with van der Waals surface area (Å²) in [5.74, 6) is 0. The van der Waals surface area contributed by atoms with Crippen molar-refractivity contribution in [2.45, 2.75) is 64.4 Å². The van der Waals surface area contributed by atoms with E-state index in [2.05, 4.69) is 6.92 Å². The highest BCUT2D eigenvalue weighted by Crippen LogP contribution is 2.23. The normalized spacial score (nSPS) is 13.2. The predicted octanol–water partition coefficient (Wildman–Crippen LogP) is 2.80. The Morgan fingerprint density at radius 3 is 2.33 bits per heavy atom. The minimum absolute atomic E-state index is 0.251. The van der Waals surface area contributed by atoms with E-state index in [9.17, 15) is 5.11 Å². The van der Waals surface area contributed by atoms with Crippen molar-refractivity contribution in [2.75, 3.05) is 19.4 Å². The van der Waals surface area contributed by atoms with Gasteiger partial charge in [0.1, 0.15) is 0 Å². The number of unbranched alkanes of at least 4 members (excludes halogenated alkanes) is 4. The van der Waals surface area contributed by atoms with E-state index in [1.165, 1.54) is 25.7 Å². The predicted molar refractivity (Wildman–Crippen MR) is 75.7 cm³/mol. The van der Waals surface area contributed by atoms with Gasteiger partial charge in [-0.1, -0.05) is 39.0 Å². The van der Waals surface area contributed by atoms with Gasteiger partial charge >= 0.3 is 0 Å². The van der Waals surface area contributed by atoms with Gasteiger partial charge in [0.05, 0.1) is 6.10 Å². The molecule has 110 valence electrons. The lowest BCUT2D eigenvalue weighted by molar-refractivity contribution is 0.0771. The van der Waals surface area contributed by atoms with Crippen molar-refractivity contribution in [3.63, 3.8) is 0 Å². The van der Waals surface area contributed by atoms with E-state index in [1.807, 2.05) is 0 Å². The molecular weight excluding hydrogens is 251 g/mol. The van der Waals surface area contributed by atoms with Gasteiger partial charge < -0.3 is 19.6 Å². The van der Waals surface area contributed by atoms with E-state index in [4.69, 9.17) is 14.5 Å². The lowest BCUT2D eigenvalue weighted by Gasteiger charge is -2.10. The van der Waals surface area contributed by atoms with Crippen LogP contribution in [0.2, 0.25) is 0 Å². The molecule has 0 spiro atoms. The van der Waals surface area contributed by atoms with E-state index in [0.717, 1.165) is 12.8 Å². The van der Waals surface area contributed by atoms with Gasteiger partial charge in [0, 0.05) is 19.4 Å². The first-order valence-electron chi connectivity index (χ1n) is 7.08. The van der Waals surface area contributed by atoms with E-state index < -0.39 is 8.38 Å². The van der Waals surface area contributed by atoms with Crippen LogP contribution in [0.25, 0.3) is 0 Å². The van der Waals surface area contributed by atoms with Crippen LogP contribution in [0, 0.1) is 0 Å². The fraction of sp³-hybridized carbons (Fsp3) is 1.00. The van der Waals surface area contributed by atoms with Crippen LogP contribution < -0.4 is 0 Å². The lowest BCUT2D eigenvalue weighted by Crippen LogP contribution is -2.11. The van der Waals surface area contributed by atoms with Gasteiger partial charge in [-0.25, -0.2) is 0 Å². The van der Waals surface area contributed by atoms with Gasteiger partial charge in [-0.15, -0.1) is 0 Å². The molecule has 0 aliphatic rings. The van der Waals surface area contributed by atoms with Crippen LogP contribution in [0.3, 0.4) is 0 Å². The minimum Gasteiger partial charge on any atom is -0.393 e. The molecule has 0 radical (unpaired) electrons. The second kappa shape index (κ2) is 13.7. The monoisotopic (exact) mass is 280 g/mol. The Hall–Kier alpha value is 0.270. The molecule has 0 fully saturated rings. The highest BCUT2D eigenvalue weighted by molar-refractivity contribution is 7.45. The molecule has 4 nitrogen and oxygen atoms in total. The summed E-state index contributed by atoms with van der Waals surface area (Å²) in [6.45, 7) is 3.30. The Kier molecular flexibility index (Phi) is 13.9. The quantitative estimate of drug-likeness (QED) is 0.358. The summed E-state index contributed by atoms with van der Waals surface area (Å²) in [4.78, 5) is 17.4. The summed E-state index contributed by atoms with van der Waals surface area (Å²) in [7, 11) is -1.78. The van der Waals surface area contributed by atoms with Gasteiger partial charge in [0.25, 0.3) is 0 Å². The molecule has 1 unspecified atom stereocenters. The van der Waals surface area contributed by atoms with Crippen LogP contribution in [0.15, 0.2) is 0 Å². The van der Waals surface area contributed by atoms with Crippen molar-refractivity contribution in [3.05, 3.63) is 0 Å². The second-order valence-corrected chi connectivity index (χ2v) is 5.90. The molecule has 0 aromatic rings. The highest BCUT2D eigenvalue weighted by Gasteiger charge is 2.04. The number of ether oxygens (including phenoxy) is 1. The number of rotatable bonds is 13. The highest BCUT2D eigenvalue weighted by atomic mass is 31.2. The number of aliphatic hydroxyl groups is 1. The molecule has 18 heavy (non-hydrogen) atoms. The zero-order chi connectivity index (χ0) is 13.6. The van der Waals surface area contributed by atoms with E-state index in [1.54, 1.807) is 0 Å². The van der Waals surface area contributed by atoms with Gasteiger partial charge in [0.15, 0.2) is 8.38 Å². The molecule has 0 amide bonds. The number of hydrogen-bond acceptors (Lipinski definition) is 4. The zero-order valence-corrected chi connectivity index (χ0v) is 12.4. The Morgan fingerprint density at radius 2 is 1.67 bits per heavy atom. The maximum absolute atomic E-state index is 9.69. The van der Waals surface area contributed by atoms with Crippen molar-refractivity contribution in [1.29, 1.82) is 0 Å². The summed E-state index contributed by atoms with van der Waals surface area (Å²) in [5, 5.41) is 9.69. The van der Waals surface area contributed by atoms with Gasteiger partial charge in [-0.3, -0.25) is 0 Å². The van der Waals surface area contributed by atoms with Crippen LogP contribution in [0.5, 0.6) is 0 Å². The fourth-order valence-corrected chi connectivity index (χ4v) is 2.17. The zero-order valence-electron chi connectivity index (χ0n) is 11.6. The first-order chi connectivity index (χ1) is 8.66. The SMILES string of the molecule is CCCCCCCC(O)CCOCCCP(O)O. The Labute approximate surface area is 112 Å². The van der Waals surface area contributed by atoms with Gasteiger partial charge in [0.2, 0.25) is 0 Å². The minimum atomic E-state index is -1.78. The molecule has 0 aromatic heterocycles. The van der Waals surface area contributed by atoms with Gasteiger partial charge in [-0.05, 0) is 19.3 Å². The van der Waals surface area contributed by atoms with Crippen molar-refractivity contribution < 1.29 is 19.6 Å². The third kappa shape index (κ3) is 14.3. The Morgan fingerprint density at radius 1 is 0.944 bits per heavy atom. The van der Waals surface area contributed by atoms with E-state index >= 15 is 0 Å². The Bertz CT molecular complexity index is 167. The molecule has 0 saturated carbocycles. The molecule has 0 aromatic carbocycles. The number of aliphatic hydroxyl groups excluding tert-OH is 1. The topological polar surface area (TPSA) is 69.9 Å². The van der Waals surface area contributed by atoms with Crippen LogP contribution >= 0.6 is 8.38 Å². The van der Waals surface area contributed by atoms with Gasteiger partial charge in [-0.2, -0.15) is 0 Å². The molecule has 0 saturated heterocycles. The second-order valence-electron chi connectivity index (χ2n) is 4.71. The van der Waals surface area contributed by atoms with Crippen LogP contribution in [0.4, 0.5) is 0 Å². The smallest absolute Gasteiger partial charge is 0.165 e. The van der Waals surface area contributed by atoms with Crippen molar-refractivity contribution >= 4 is 8.38 Å². The van der Waals surface area contributed by atoms with Crippen LogP contribution in [-0.4, -0.2) is 40.4 Å². The third-order valence-electron chi connectivity index (χ3n) is 2.88. The summed E-state index contributed by atoms with van der Waals surface area (Å²) < 4.78 is 5.33. The first kappa shape index (κ1) is 18.3. The summed E-state index contributed by atoms with van der Waals surface area (Å²) >= 11 is 0. The average Bonchev–Trinajstić information content (AvgIpc) is 2.33. The average molecular weight is 280 g/mol. The molecule has 0 heterocycles. The number of hydrogen-bond donors (Lipinski definition) is 3. The standard InChI is InChI=1S/C13H29O4P/c1-2-3-4-5-6-8-13(14)9-11-17-10-7-12-18(15)16/h13-16H,2-12H2,1H3. The van der Waals surface area contributed by atoms with E-state index in [0.29, 0.717) is 32.2 Å². The first-order valence-corrected chi connectivity index (χ1v) is 8.51.